The van der Waals surface area contributed by atoms with Gasteiger partial charge in [-0.3, -0.25) is 10.2 Å². The Hall–Kier alpha value is -1.79. The molecule has 1 aromatic rings. The number of nitrogens with one attached hydrogen (secondary N) is 1. The number of carbonyl (C=O) groups is 1. The molecule has 1 fully saturated rings. The average molecular weight is 264 g/mol. The second kappa shape index (κ2) is 5.90. The van der Waals surface area contributed by atoms with E-state index in [0.717, 1.165) is 5.69 Å². The van der Waals surface area contributed by atoms with E-state index in [4.69, 9.17) is 10.5 Å². The molecule has 0 atom stereocenters. The van der Waals surface area contributed by atoms with E-state index in [1.165, 1.54) is 0 Å². The van der Waals surface area contributed by atoms with Crippen molar-refractivity contribution in [3.05, 3.63) is 23.8 Å². The normalized spacial score (nSPS) is 16.1. The number of nitrogens with two attached hydrogens (primary N) is 1. The van der Waals surface area contributed by atoms with Gasteiger partial charge in [0.1, 0.15) is 0 Å². The van der Waals surface area contributed by atoms with Crippen LogP contribution in [0.2, 0.25) is 0 Å². The number of nitrogen functional groups attached to an aromatic ring is 1. The summed E-state index contributed by atoms with van der Waals surface area (Å²) in [6, 6.07) is 5.34. The molecule has 1 saturated heterocycles. The zero-order chi connectivity index (χ0) is 13.8. The van der Waals surface area contributed by atoms with Crippen LogP contribution in [0.25, 0.3) is 0 Å². The summed E-state index contributed by atoms with van der Waals surface area (Å²) in [5.74, 6) is -0.141. The van der Waals surface area contributed by atoms with Gasteiger partial charge in [-0.15, -0.1) is 0 Å². The van der Waals surface area contributed by atoms with E-state index in [9.17, 15) is 4.79 Å². The van der Waals surface area contributed by atoms with Crippen LogP contribution in [0.15, 0.2) is 18.2 Å². The van der Waals surface area contributed by atoms with Crippen LogP contribution in [0.4, 0.5) is 11.4 Å². The van der Waals surface area contributed by atoms with Gasteiger partial charge in [0.2, 0.25) is 0 Å². The fraction of sp³-hybridized carbons (Fsp3) is 0.462. The summed E-state index contributed by atoms with van der Waals surface area (Å²) in [6.07, 6.45) is 0. The molecule has 0 radical (unpaired) electrons. The third-order valence-corrected chi connectivity index (χ3v) is 3.02. The number of hydrogen-bond donors (Lipinski definition) is 2. The van der Waals surface area contributed by atoms with Gasteiger partial charge in [-0.1, -0.05) is 0 Å². The first-order chi connectivity index (χ1) is 9.08. The number of ether oxygens (including phenoxy) is 1. The Balaban J connectivity index is 2.15. The summed E-state index contributed by atoms with van der Waals surface area (Å²) < 4.78 is 5.25. The number of amides is 1. The van der Waals surface area contributed by atoms with E-state index >= 15 is 0 Å². The van der Waals surface area contributed by atoms with Crippen molar-refractivity contribution in [3.63, 3.8) is 0 Å². The largest absolute Gasteiger partial charge is 0.399 e. The molecule has 2 rings (SSSR count). The second-order valence-corrected chi connectivity index (χ2v) is 4.71. The number of hydrogen-bond acceptors (Lipinski definition) is 5. The van der Waals surface area contributed by atoms with Gasteiger partial charge < -0.3 is 15.4 Å². The number of nitrogens with zero attached hydrogens (tertiary/aromatic N) is 2. The zero-order valence-electron chi connectivity index (χ0n) is 11.3. The first-order valence-corrected chi connectivity index (χ1v) is 6.28. The minimum Gasteiger partial charge on any atom is -0.399 e. The molecule has 0 spiro atoms. The Morgan fingerprint density at radius 3 is 2.68 bits per heavy atom. The maximum absolute atomic E-state index is 12.3. The highest BCUT2D eigenvalue weighted by Crippen LogP contribution is 2.21. The molecule has 0 bridgehead atoms. The van der Waals surface area contributed by atoms with Crippen LogP contribution in [0.3, 0.4) is 0 Å². The smallest absolute Gasteiger partial charge is 0.267 e. The predicted molar refractivity (Wildman–Crippen MR) is 75.0 cm³/mol. The van der Waals surface area contributed by atoms with E-state index in [-0.39, 0.29) is 5.91 Å². The monoisotopic (exact) mass is 264 g/mol. The highest BCUT2D eigenvalue weighted by molar-refractivity contribution is 6.00. The molecule has 3 N–H and O–H groups in total. The Bertz CT molecular complexity index is 456. The molecule has 19 heavy (non-hydrogen) atoms. The summed E-state index contributed by atoms with van der Waals surface area (Å²) in [5, 5.41) is 1.87. The summed E-state index contributed by atoms with van der Waals surface area (Å²) in [4.78, 5) is 14.2. The van der Waals surface area contributed by atoms with Gasteiger partial charge >= 0.3 is 0 Å². The molecule has 0 saturated carbocycles. The minimum absolute atomic E-state index is 0.141. The standard InChI is InChI=1S/C13H20N4O2/c1-16(2)12-4-3-10(14)9-11(12)13(18)15-17-5-7-19-8-6-17/h3-4,9H,5-8,14H2,1-2H3,(H,15,18). The number of rotatable bonds is 3. The van der Waals surface area contributed by atoms with E-state index in [2.05, 4.69) is 5.43 Å². The Labute approximate surface area is 113 Å². The maximum Gasteiger partial charge on any atom is 0.267 e. The lowest BCUT2D eigenvalue weighted by Gasteiger charge is -2.27. The van der Waals surface area contributed by atoms with Crippen molar-refractivity contribution in [1.82, 2.24) is 10.4 Å². The van der Waals surface area contributed by atoms with Crippen LogP contribution in [0.1, 0.15) is 10.4 Å². The van der Waals surface area contributed by atoms with Crippen LogP contribution < -0.4 is 16.1 Å². The molecule has 6 nitrogen and oxygen atoms in total. The number of morpholine rings is 1. The quantitative estimate of drug-likeness (QED) is 0.769. The van der Waals surface area contributed by atoms with Gasteiger partial charge in [0.15, 0.2) is 0 Å². The molecule has 1 aromatic carbocycles. The molecular weight excluding hydrogens is 244 g/mol. The van der Waals surface area contributed by atoms with Crippen LogP contribution in [-0.4, -0.2) is 51.3 Å². The number of anilines is 2. The molecule has 1 amide bonds. The first-order valence-electron chi connectivity index (χ1n) is 6.28. The predicted octanol–water partition coefficient (Wildman–Crippen LogP) is 0.312. The zero-order valence-corrected chi connectivity index (χ0v) is 11.3. The second-order valence-electron chi connectivity index (χ2n) is 4.71. The lowest BCUT2D eigenvalue weighted by Crippen LogP contribution is -2.48. The van der Waals surface area contributed by atoms with Gasteiger partial charge in [0.05, 0.1) is 18.8 Å². The van der Waals surface area contributed by atoms with Crippen molar-refractivity contribution < 1.29 is 9.53 Å². The summed E-state index contributed by atoms with van der Waals surface area (Å²) in [7, 11) is 3.80. The lowest BCUT2D eigenvalue weighted by molar-refractivity contribution is 0.0126. The minimum atomic E-state index is -0.141. The number of carbonyl (C=O) groups excluding carboxylic acids is 1. The maximum atomic E-state index is 12.3. The van der Waals surface area contributed by atoms with Gasteiger partial charge in [-0.2, -0.15) is 0 Å². The molecular formula is C13H20N4O2. The molecule has 0 aliphatic carbocycles. The van der Waals surface area contributed by atoms with Crippen molar-refractivity contribution in [1.29, 1.82) is 0 Å². The molecule has 0 unspecified atom stereocenters. The number of hydrazine groups is 1. The fourth-order valence-corrected chi connectivity index (χ4v) is 2.00. The summed E-state index contributed by atoms with van der Waals surface area (Å²) in [6.45, 7) is 2.67. The summed E-state index contributed by atoms with van der Waals surface area (Å²) in [5.41, 5.74) is 10.7. The van der Waals surface area contributed by atoms with Crippen molar-refractivity contribution >= 4 is 17.3 Å². The highest BCUT2D eigenvalue weighted by atomic mass is 16.5. The van der Waals surface area contributed by atoms with E-state index in [0.29, 0.717) is 37.6 Å². The van der Waals surface area contributed by atoms with Crippen molar-refractivity contribution in [2.75, 3.05) is 51.0 Å². The Kier molecular flexibility index (Phi) is 4.24. The van der Waals surface area contributed by atoms with Crippen LogP contribution in [-0.2, 0) is 4.74 Å². The fourth-order valence-electron chi connectivity index (χ4n) is 2.00. The van der Waals surface area contributed by atoms with Gasteiger partial charge in [0, 0.05) is 38.6 Å². The van der Waals surface area contributed by atoms with Gasteiger partial charge in [-0.25, -0.2) is 5.01 Å². The highest BCUT2D eigenvalue weighted by Gasteiger charge is 2.17. The molecule has 1 aliphatic rings. The molecule has 104 valence electrons. The van der Waals surface area contributed by atoms with E-state index in [1.54, 1.807) is 12.1 Å². The van der Waals surface area contributed by atoms with Crippen molar-refractivity contribution in [3.8, 4) is 0 Å². The SMILES string of the molecule is CN(C)c1ccc(N)cc1C(=O)NN1CCOCC1. The van der Waals surface area contributed by atoms with Crippen LogP contribution in [0, 0.1) is 0 Å². The molecule has 1 aliphatic heterocycles. The number of benzene rings is 1. The molecule has 1 heterocycles. The Morgan fingerprint density at radius 1 is 1.37 bits per heavy atom. The average Bonchev–Trinajstić information content (AvgIpc) is 2.39. The lowest BCUT2D eigenvalue weighted by atomic mass is 10.1. The van der Waals surface area contributed by atoms with Crippen molar-refractivity contribution in [2.45, 2.75) is 0 Å². The van der Waals surface area contributed by atoms with Crippen molar-refractivity contribution in [2.24, 2.45) is 0 Å². The molecule has 0 aromatic heterocycles. The van der Waals surface area contributed by atoms with Crippen LogP contribution >= 0.6 is 0 Å². The summed E-state index contributed by atoms with van der Waals surface area (Å²) >= 11 is 0. The van der Waals surface area contributed by atoms with E-state index in [1.807, 2.05) is 30.1 Å². The van der Waals surface area contributed by atoms with Gasteiger partial charge in [-0.05, 0) is 18.2 Å². The molecule has 6 heteroatoms. The third-order valence-electron chi connectivity index (χ3n) is 3.02. The third kappa shape index (κ3) is 3.36. The topological polar surface area (TPSA) is 70.8 Å². The first kappa shape index (κ1) is 13.6. The Morgan fingerprint density at radius 2 is 2.05 bits per heavy atom. The van der Waals surface area contributed by atoms with E-state index < -0.39 is 0 Å². The van der Waals surface area contributed by atoms with Gasteiger partial charge in [0.25, 0.3) is 5.91 Å². The van der Waals surface area contributed by atoms with Crippen LogP contribution in [0.5, 0.6) is 0 Å².